The van der Waals surface area contributed by atoms with Gasteiger partial charge in [0.1, 0.15) is 37.4 Å². The minimum absolute atomic E-state index is 0.0600. The maximum Gasteiger partial charge on any atom is 0.308 e. The Labute approximate surface area is 371 Å². The molecule has 0 aliphatic rings. The number of unbranched alkanes of at least 4 members (excludes halogenated alkanes) is 4. The largest absolute Gasteiger partial charge is 0.461 e. The van der Waals surface area contributed by atoms with Gasteiger partial charge < -0.3 is 36.1 Å². The maximum atomic E-state index is 14.2. The summed E-state index contributed by atoms with van der Waals surface area (Å²) < 4.78 is 10.9. The number of amides is 5. The molecule has 3 aromatic carbocycles. The normalized spacial score (nSPS) is 12.6. The minimum atomic E-state index is -1.61. The number of benzene rings is 3. The fraction of sp³-hybridized carbons (Fsp3) is 0.449. The van der Waals surface area contributed by atoms with Crippen molar-refractivity contribution in [3.63, 3.8) is 0 Å². The molecule has 0 aliphatic heterocycles. The fourth-order valence-electron chi connectivity index (χ4n) is 6.43. The molecule has 5 amide bonds. The Morgan fingerprint density at radius 1 is 0.571 bits per heavy atom. The lowest BCUT2D eigenvalue weighted by atomic mass is 10.00. The van der Waals surface area contributed by atoms with Crippen LogP contribution in [0.25, 0.3) is 0 Å². The molecule has 0 aliphatic carbocycles. The van der Waals surface area contributed by atoms with Crippen molar-refractivity contribution < 1.29 is 43.0 Å². The number of nitrogens with one attached hydrogen (secondary N) is 5. The zero-order valence-corrected chi connectivity index (χ0v) is 36.7. The van der Waals surface area contributed by atoms with Gasteiger partial charge >= 0.3 is 11.9 Å². The topological polar surface area (TPSA) is 198 Å². The second kappa shape index (κ2) is 28.9. The molecule has 5 N–H and O–H groups in total. The van der Waals surface area contributed by atoms with Gasteiger partial charge in [-0.3, -0.25) is 33.6 Å². The average molecular weight is 866 g/mol. The Morgan fingerprint density at radius 2 is 1.05 bits per heavy atom. The third-order valence-electron chi connectivity index (χ3n) is 9.82. The fourth-order valence-corrected chi connectivity index (χ4v) is 6.43. The molecule has 0 aromatic heterocycles. The predicted octanol–water partition coefficient (Wildman–Crippen LogP) is 4.98. The van der Waals surface area contributed by atoms with Crippen LogP contribution in [0.3, 0.4) is 0 Å². The van der Waals surface area contributed by atoms with Gasteiger partial charge in [-0.2, -0.15) is 0 Å². The van der Waals surface area contributed by atoms with Crippen LogP contribution in [0.2, 0.25) is 0 Å². The van der Waals surface area contributed by atoms with Crippen molar-refractivity contribution in [3.8, 4) is 12.3 Å². The van der Waals surface area contributed by atoms with Gasteiger partial charge in [-0.15, -0.1) is 12.3 Å². The summed E-state index contributed by atoms with van der Waals surface area (Å²) in [6.07, 6.45) is 8.81. The number of esters is 2. The Balaban J connectivity index is 1.87. The first kappa shape index (κ1) is 50.9. The van der Waals surface area contributed by atoms with E-state index in [1.165, 1.54) is 0 Å². The van der Waals surface area contributed by atoms with E-state index in [4.69, 9.17) is 15.9 Å². The molecule has 0 unspecified atom stereocenters. The van der Waals surface area contributed by atoms with E-state index in [1.54, 1.807) is 60.7 Å². The molecule has 0 bridgehead atoms. The average Bonchev–Trinajstić information content (AvgIpc) is 3.27. The van der Waals surface area contributed by atoms with E-state index in [2.05, 4.69) is 39.4 Å². The molecule has 0 spiro atoms. The van der Waals surface area contributed by atoms with Gasteiger partial charge in [0.2, 0.25) is 29.5 Å². The van der Waals surface area contributed by atoms with Crippen LogP contribution < -0.4 is 26.6 Å². The highest BCUT2D eigenvalue weighted by Crippen LogP contribution is 2.12. The van der Waals surface area contributed by atoms with Crippen molar-refractivity contribution in [2.75, 3.05) is 6.54 Å². The van der Waals surface area contributed by atoms with E-state index in [-0.39, 0.29) is 44.3 Å². The van der Waals surface area contributed by atoms with Crippen molar-refractivity contribution in [2.24, 2.45) is 5.92 Å². The van der Waals surface area contributed by atoms with E-state index in [1.807, 2.05) is 44.2 Å². The summed E-state index contributed by atoms with van der Waals surface area (Å²) in [6, 6.07) is 21.6. The maximum absolute atomic E-state index is 14.2. The number of hydrogen-bond acceptors (Lipinski definition) is 9. The lowest BCUT2D eigenvalue weighted by molar-refractivity contribution is -0.149. The van der Waals surface area contributed by atoms with E-state index >= 15 is 0 Å². The Morgan fingerprint density at radius 3 is 1.56 bits per heavy atom. The summed E-state index contributed by atoms with van der Waals surface area (Å²) in [4.78, 5) is 95.2. The Kier molecular flexibility index (Phi) is 23.4. The Bertz CT molecular complexity index is 1940. The summed E-state index contributed by atoms with van der Waals surface area (Å²) in [5.41, 5.74) is 2.18. The smallest absolute Gasteiger partial charge is 0.308 e. The van der Waals surface area contributed by atoms with Gasteiger partial charge in [-0.05, 0) is 41.9 Å². The highest BCUT2D eigenvalue weighted by Gasteiger charge is 2.34. The van der Waals surface area contributed by atoms with E-state index in [0.29, 0.717) is 31.4 Å². The van der Waals surface area contributed by atoms with Crippen LogP contribution in [0.5, 0.6) is 0 Å². The van der Waals surface area contributed by atoms with Crippen LogP contribution in [0, 0.1) is 18.3 Å². The highest BCUT2D eigenvalue weighted by molar-refractivity contribution is 5.97. The molecule has 14 heteroatoms. The molecule has 0 heterocycles. The SMILES string of the molecule is C#CCCCC(=O)N[C@H](Cc1ccccc1)C(=O)N[C@@H](CC(C)C)C(=O)N[C@H](CC(=O)OCc1ccccc1)C(=O)N[C@@H](CC(=O)OCc1ccccc1)C(=O)NCCCCCC. The second-order valence-corrected chi connectivity index (χ2v) is 15.7. The van der Waals surface area contributed by atoms with Crippen molar-refractivity contribution in [1.29, 1.82) is 0 Å². The first-order valence-electron chi connectivity index (χ1n) is 21.7. The quantitative estimate of drug-likeness (QED) is 0.0380. The van der Waals surface area contributed by atoms with Crippen LogP contribution >= 0.6 is 0 Å². The summed E-state index contributed by atoms with van der Waals surface area (Å²) in [6.45, 7) is 5.87. The molecule has 14 nitrogen and oxygen atoms in total. The first-order valence-corrected chi connectivity index (χ1v) is 21.7. The van der Waals surface area contributed by atoms with Gasteiger partial charge in [-0.1, -0.05) is 131 Å². The standard InChI is InChI=1S/C49H63N5O9/c1-5-7-9-20-28-50-46(58)41(31-44(56)62-33-37-23-16-11-17-24-37)53-49(61)42(32-45(57)63-34-38-25-18-12-19-26-38)54-47(59)39(29-35(3)4)52-48(60)40(30-36-21-14-10-15-22-36)51-43(55)27-13-8-6-2/h2,10-12,14-19,21-26,35,39-42H,5,7-9,13,20,27-34H2,1,3-4H3,(H,50,58)(H,51,55)(H,52,60)(H,53,61)(H,54,59)/t39-,40+,41-,42+/m0/s1. The zero-order valence-electron chi connectivity index (χ0n) is 36.7. The van der Waals surface area contributed by atoms with Crippen LogP contribution in [0.15, 0.2) is 91.0 Å². The lowest BCUT2D eigenvalue weighted by Crippen LogP contribution is -2.59. The monoisotopic (exact) mass is 865 g/mol. The van der Waals surface area contributed by atoms with E-state index < -0.39 is 72.6 Å². The number of carbonyl (C=O) groups is 7. The molecule has 3 rings (SSSR count). The van der Waals surface area contributed by atoms with Crippen LogP contribution in [0.4, 0.5) is 0 Å². The van der Waals surface area contributed by atoms with Crippen molar-refractivity contribution in [2.45, 2.75) is 129 Å². The van der Waals surface area contributed by atoms with Gasteiger partial charge in [0.25, 0.3) is 0 Å². The number of ether oxygens (including phenoxy) is 2. The lowest BCUT2D eigenvalue weighted by Gasteiger charge is -2.27. The molecule has 0 saturated carbocycles. The molecule has 0 saturated heterocycles. The van der Waals surface area contributed by atoms with E-state index in [9.17, 15) is 33.6 Å². The molecule has 3 aromatic rings. The molecular weight excluding hydrogens is 803 g/mol. The molecule has 338 valence electrons. The third-order valence-corrected chi connectivity index (χ3v) is 9.82. The van der Waals surface area contributed by atoms with E-state index in [0.717, 1.165) is 30.4 Å². The highest BCUT2D eigenvalue weighted by atomic mass is 16.5. The molecular formula is C49H63N5O9. The van der Waals surface area contributed by atoms with Gasteiger partial charge in [0.05, 0.1) is 12.8 Å². The van der Waals surface area contributed by atoms with Gasteiger partial charge in [0.15, 0.2) is 0 Å². The Hall–Kier alpha value is -6.49. The number of carbonyl (C=O) groups excluding carboxylic acids is 7. The predicted molar refractivity (Wildman–Crippen MR) is 239 cm³/mol. The third kappa shape index (κ3) is 20.8. The van der Waals surface area contributed by atoms with Crippen LogP contribution in [-0.2, 0) is 62.7 Å². The van der Waals surface area contributed by atoms with Crippen molar-refractivity contribution in [3.05, 3.63) is 108 Å². The summed E-state index contributed by atoms with van der Waals surface area (Å²) in [5, 5.41) is 13.5. The second-order valence-electron chi connectivity index (χ2n) is 15.7. The number of hydrogen-bond donors (Lipinski definition) is 5. The number of rotatable bonds is 28. The summed E-state index contributed by atoms with van der Waals surface area (Å²) in [7, 11) is 0. The van der Waals surface area contributed by atoms with Crippen molar-refractivity contribution >= 4 is 41.5 Å². The van der Waals surface area contributed by atoms with Crippen LogP contribution in [0.1, 0.15) is 102 Å². The van der Waals surface area contributed by atoms with Gasteiger partial charge in [-0.25, -0.2) is 0 Å². The first-order chi connectivity index (χ1) is 30.4. The zero-order chi connectivity index (χ0) is 45.8. The molecule has 4 atom stereocenters. The molecule has 63 heavy (non-hydrogen) atoms. The van der Waals surface area contributed by atoms with Crippen molar-refractivity contribution in [1.82, 2.24) is 26.6 Å². The summed E-state index contributed by atoms with van der Waals surface area (Å²) in [5.74, 6) is -2.67. The van der Waals surface area contributed by atoms with Crippen LogP contribution in [-0.4, -0.2) is 72.2 Å². The van der Waals surface area contributed by atoms with Gasteiger partial charge in [0, 0.05) is 25.8 Å². The molecule has 0 radical (unpaired) electrons. The summed E-state index contributed by atoms with van der Waals surface area (Å²) >= 11 is 0. The number of terminal acetylenes is 1. The minimum Gasteiger partial charge on any atom is -0.461 e. The molecule has 0 fully saturated rings.